The predicted octanol–water partition coefficient (Wildman–Crippen LogP) is 3.96. The Morgan fingerprint density at radius 1 is 1.20 bits per heavy atom. The van der Waals surface area contributed by atoms with Crippen LogP contribution in [0, 0.1) is 10.8 Å². The molecule has 1 aliphatic carbocycles. The number of hydrogen-bond acceptors (Lipinski definition) is 3. The number of benzene rings is 1. The zero-order valence-electron chi connectivity index (χ0n) is 15.2. The Hall–Kier alpha value is -1.36. The highest BCUT2D eigenvalue weighted by atomic mass is 79.9. The zero-order chi connectivity index (χ0) is 18.2. The molecule has 1 amide bonds. The van der Waals surface area contributed by atoms with Gasteiger partial charge in [-0.3, -0.25) is 9.59 Å². The van der Waals surface area contributed by atoms with E-state index < -0.39 is 0 Å². The van der Waals surface area contributed by atoms with E-state index in [1.54, 1.807) is 0 Å². The van der Waals surface area contributed by atoms with Gasteiger partial charge < -0.3 is 9.64 Å². The van der Waals surface area contributed by atoms with Gasteiger partial charge in [-0.15, -0.1) is 0 Å². The van der Waals surface area contributed by atoms with Gasteiger partial charge >= 0.3 is 5.97 Å². The average molecular weight is 408 g/mol. The summed E-state index contributed by atoms with van der Waals surface area (Å²) in [6, 6.07) is 7.81. The van der Waals surface area contributed by atoms with Gasteiger partial charge in [0.15, 0.2) is 6.61 Å². The molecule has 1 aliphatic heterocycles. The number of esters is 1. The molecule has 3 rings (SSSR count). The molecule has 2 bridgehead atoms. The third kappa shape index (κ3) is 4.43. The number of fused-ring (bicyclic) bond motifs is 2. The number of nitrogens with zero attached hydrogens (tertiary/aromatic N) is 1. The Labute approximate surface area is 158 Å². The highest BCUT2D eigenvalue weighted by Gasteiger charge is 2.50. The minimum atomic E-state index is -0.357. The molecule has 0 N–H and O–H groups in total. The second-order valence-corrected chi connectivity index (χ2v) is 9.61. The molecule has 1 saturated heterocycles. The van der Waals surface area contributed by atoms with Crippen molar-refractivity contribution in [1.82, 2.24) is 4.90 Å². The van der Waals surface area contributed by atoms with E-state index in [4.69, 9.17) is 4.74 Å². The van der Waals surface area contributed by atoms with Gasteiger partial charge in [0.2, 0.25) is 0 Å². The fraction of sp³-hybridized carbons (Fsp3) is 0.600. The van der Waals surface area contributed by atoms with Gasteiger partial charge in [0.05, 0.1) is 6.42 Å². The molecule has 136 valence electrons. The number of carbonyl (C=O) groups excluding carboxylic acids is 2. The smallest absolute Gasteiger partial charge is 0.310 e. The van der Waals surface area contributed by atoms with Crippen LogP contribution in [-0.2, 0) is 20.7 Å². The summed E-state index contributed by atoms with van der Waals surface area (Å²) in [5.41, 5.74) is 1.35. The summed E-state index contributed by atoms with van der Waals surface area (Å²) in [7, 11) is 0. The zero-order valence-corrected chi connectivity index (χ0v) is 16.8. The van der Waals surface area contributed by atoms with Crippen LogP contribution in [0.3, 0.4) is 0 Å². The number of halogens is 1. The lowest BCUT2D eigenvalue weighted by molar-refractivity contribution is -0.152. The van der Waals surface area contributed by atoms with Crippen LogP contribution in [-0.4, -0.2) is 36.0 Å². The lowest BCUT2D eigenvalue weighted by Gasteiger charge is -2.39. The molecule has 1 heterocycles. The van der Waals surface area contributed by atoms with E-state index in [0.29, 0.717) is 0 Å². The maximum atomic E-state index is 12.6. The molecule has 1 aromatic carbocycles. The number of hydrogen-bond donors (Lipinski definition) is 0. The van der Waals surface area contributed by atoms with Crippen molar-refractivity contribution in [2.24, 2.45) is 10.8 Å². The van der Waals surface area contributed by atoms with E-state index >= 15 is 0 Å². The summed E-state index contributed by atoms with van der Waals surface area (Å²) in [5, 5.41) is 0. The van der Waals surface area contributed by atoms with Crippen molar-refractivity contribution in [3.05, 3.63) is 34.3 Å². The van der Waals surface area contributed by atoms with Crippen LogP contribution < -0.4 is 0 Å². The van der Waals surface area contributed by atoms with E-state index in [2.05, 4.69) is 36.7 Å². The van der Waals surface area contributed by atoms with Crippen LogP contribution in [0.5, 0.6) is 0 Å². The SMILES string of the molecule is CC1(C)C[C@@H]2C[C@@](C)(CN2C(=O)COC(=O)Cc2ccc(Br)cc2)C1. The first kappa shape index (κ1) is 18.4. The van der Waals surface area contributed by atoms with Crippen molar-refractivity contribution in [2.45, 2.75) is 52.5 Å². The summed E-state index contributed by atoms with van der Waals surface area (Å²) in [6.45, 7) is 7.47. The van der Waals surface area contributed by atoms with Crippen LogP contribution in [0.2, 0.25) is 0 Å². The molecule has 5 heteroatoms. The molecular weight excluding hydrogens is 382 g/mol. The molecule has 25 heavy (non-hydrogen) atoms. The lowest BCUT2D eigenvalue weighted by atomic mass is 9.65. The van der Waals surface area contributed by atoms with E-state index in [1.807, 2.05) is 29.2 Å². The van der Waals surface area contributed by atoms with Crippen LogP contribution >= 0.6 is 15.9 Å². The van der Waals surface area contributed by atoms with E-state index in [0.717, 1.165) is 35.8 Å². The normalized spacial score (nSPS) is 27.2. The van der Waals surface area contributed by atoms with Crippen LogP contribution in [0.1, 0.15) is 45.6 Å². The minimum Gasteiger partial charge on any atom is -0.455 e. The quantitative estimate of drug-likeness (QED) is 0.709. The molecule has 1 aromatic rings. The fourth-order valence-corrected chi connectivity index (χ4v) is 5.06. The van der Waals surface area contributed by atoms with Crippen molar-refractivity contribution in [1.29, 1.82) is 0 Å². The van der Waals surface area contributed by atoms with Crippen molar-refractivity contribution in [3.8, 4) is 0 Å². The maximum Gasteiger partial charge on any atom is 0.310 e. The third-order valence-electron chi connectivity index (χ3n) is 5.35. The standard InChI is InChI=1S/C20H26BrNO3/c1-19(2)9-16-10-20(3,12-19)13-22(16)17(23)11-25-18(24)8-14-4-6-15(21)7-5-14/h4-7,16H,8-13H2,1-3H3/t16-,20-/m1/s1. The second-order valence-electron chi connectivity index (χ2n) is 8.70. The number of rotatable bonds is 4. The molecule has 2 aliphatic rings. The van der Waals surface area contributed by atoms with Gasteiger partial charge in [-0.1, -0.05) is 48.8 Å². The highest BCUT2D eigenvalue weighted by molar-refractivity contribution is 9.10. The van der Waals surface area contributed by atoms with Gasteiger partial charge in [-0.05, 0) is 47.8 Å². The van der Waals surface area contributed by atoms with Gasteiger partial charge in [0.25, 0.3) is 5.91 Å². The summed E-state index contributed by atoms with van der Waals surface area (Å²) >= 11 is 3.37. The number of likely N-dealkylation sites (tertiary alicyclic amines) is 1. The Balaban J connectivity index is 1.53. The van der Waals surface area contributed by atoms with Gasteiger partial charge in [-0.25, -0.2) is 0 Å². The van der Waals surface area contributed by atoms with E-state index in [-0.39, 0.29) is 41.8 Å². The van der Waals surface area contributed by atoms with Crippen molar-refractivity contribution in [2.75, 3.05) is 13.2 Å². The van der Waals surface area contributed by atoms with E-state index in [1.165, 1.54) is 0 Å². The van der Waals surface area contributed by atoms with Crippen molar-refractivity contribution in [3.63, 3.8) is 0 Å². The number of amides is 1. The maximum absolute atomic E-state index is 12.6. The fourth-order valence-electron chi connectivity index (χ4n) is 4.80. The van der Waals surface area contributed by atoms with Gasteiger partial charge in [0, 0.05) is 17.1 Å². The number of ether oxygens (including phenoxy) is 1. The van der Waals surface area contributed by atoms with Gasteiger partial charge in [0.1, 0.15) is 0 Å². The highest BCUT2D eigenvalue weighted by Crippen LogP contribution is 2.52. The topological polar surface area (TPSA) is 46.6 Å². The molecule has 2 fully saturated rings. The first-order valence-electron chi connectivity index (χ1n) is 8.85. The minimum absolute atomic E-state index is 0.0596. The predicted molar refractivity (Wildman–Crippen MR) is 100 cm³/mol. The molecule has 2 atom stereocenters. The van der Waals surface area contributed by atoms with Crippen LogP contribution in [0.15, 0.2) is 28.7 Å². The molecule has 0 radical (unpaired) electrons. The molecule has 0 spiro atoms. The Morgan fingerprint density at radius 3 is 2.56 bits per heavy atom. The first-order chi connectivity index (χ1) is 11.7. The average Bonchev–Trinajstić information content (AvgIpc) is 2.76. The Bertz CT molecular complexity index is 670. The monoisotopic (exact) mass is 407 g/mol. The lowest BCUT2D eigenvalue weighted by Crippen LogP contribution is -2.39. The van der Waals surface area contributed by atoms with Crippen molar-refractivity contribution >= 4 is 27.8 Å². The molecular formula is C20H26BrNO3. The summed E-state index contributed by atoms with van der Waals surface area (Å²) in [6.07, 6.45) is 3.43. The number of carbonyl (C=O) groups is 2. The Kier molecular flexibility index (Phi) is 4.97. The summed E-state index contributed by atoms with van der Waals surface area (Å²) in [4.78, 5) is 26.5. The summed E-state index contributed by atoms with van der Waals surface area (Å²) in [5.74, 6) is -0.417. The molecule has 1 saturated carbocycles. The Morgan fingerprint density at radius 2 is 1.88 bits per heavy atom. The summed E-state index contributed by atoms with van der Waals surface area (Å²) < 4.78 is 6.21. The second kappa shape index (κ2) is 6.75. The first-order valence-corrected chi connectivity index (χ1v) is 9.65. The van der Waals surface area contributed by atoms with Gasteiger partial charge in [-0.2, -0.15) is 0 Å². The van der Waals surface area contributed by atoms with Crippen LogP contribution in [0.25, 0.3) is 0 Å². The molecule has 0 unspecified atom stereocenters. The van der Waals surface area contributed by atoms with Crippen LogP contribution in [0.4, 0.5) is 0 Å². The van der Waals surface area contributed by atoms with E-state index in [9.17, 15) is 9.59 Å². The molecule has 0 aromatic heterocycles. The van der Waals surface area contributed by atoms with Crippen molar-refractivity contribution < 1.29 is 14.3 Å². The molecule has 4 nitrogen and oxygen atoms in total. The third-order valence-corrected chi connectivity index (χ3v) is 5.88. The largest absolute Gasteiger partial charge is 0.455 e.